The maximum absolute atomic E-state index is 12.8. The summed E-state index contributed by atoms with van der Waals surface area (Å²) in [7, 11) is 1.66. The van der Waals surface area contributed by atoms with Crippen molar-refractivity contribution in [3.63, 3.8) is 0 Å². The highest BCUT2D eigenvalue weighted by molar-refractivity contribution is 5.78. The van der Waals surface area contributed by atoms with E-state index in [0.29, 0.717) is 26.3 Å². The van der Waals surface area contributed by atoms with E-state index in [1.165, 1.54) is 0 Å². The van der Waals surface area contributed by atoms with Gasteiger partial charge in [0.25, 0.3) is 0 Å². The second-order valence-electron chi connectivity index (χ2n) is 7.63. The molecule has 1 aromatic carbocycles. The third-order valence-corrected chi connectivity index (χ3v) is 5.67. The third-order valence-electron chi connectivity index (χ3n) is 5.67. The van der Waals surface area contributed by atoms with E-state index >= 15 is 0 Å². The number of carbonyl (C=O) groups is 1. The standard InChI is InChI=1S/C22H28N4O3/c1-28-19-6-2-4-17(12-19)20-13-23-14-21(24-20)18-5-3-7-26(15-18)22(27)16-25-8-10-29-11-9-25/h2,4,6,12-14,18H,3,5,7-11,15-16H2,1H3. The van der Waals surface area contributed by atoms with Crippen LogP contribution in [0.25, 0.3) is 11.3 Å². The lowest BCUT2D eigenvalue weighted by Gasteiger charge is -2.34. The molecule has 7 nitrogen and oxygen atoms in total. The number of nitrogens with zero attached hydrogens (tertiary/aromatic N) is 4. The Hall–Kier alpha value is -2.51. The average molecular weight is 396 g/mol. The highest BCUT2D eigenvalue weighted by atomic mass is 16.5. The van der Waals surface area contributed by atoms with Crippen LogP contribution in [0.3, 0.4) is 0 Å². The van der Waals surface area contributed by atoms with Crippen LogP contribution >= 0.6 is 0 Å². The Bertz CT molecular complexity index is 838. The van der Waals surface area contributed by atoms with Gasteiger partial charge in [0.2, 0.25) is 5.91 Å². The number of benzene rings is 1. The highest BCUT2D eigenvalue weighted by Crippen LogP contribution is 2.28. The lowest BCUT2D eigenvalue weighted by molar-refractivity contribution is -0.134. The zero-order valence-corrected chi connectivity index (χ0v) is 16.9. The van der Waals surface area contributed by atoms with Crippen molar-refractivity contribution < 1.29 is 14.3 Å². The normalized spacial score (nSPS) is 20.4. The first-order valence-electron chi connectivity index (χ1n) is 10.3. The summed E-state index contributed by atoms with van der Waals surface area (Å²) in [6.07, 6.45) is 5.63. The fourth-order valence-electron chi connectivity index (χ4n) is 3.99. The highest BCUT2D eigenvalue weighted by Gasteiger charge is 2.27. The van der Waals surface area contributed by atoms with E-state index in [1.54, 1.807) is 13.3 Å². The number of aromatic nitrogens is 2. The van der Waals surface area contributed by atoms with Crippen LogP contribution in [0.1, 0.15) is 24.5 Å². The van der Waals surface area contributed by atoms with Crippen molar-refractivity contribution in [1.82, 2.24) is 19.8 Å². The molecule has 7 heteroatoms. The average Bonchev–Trinajstić information content (AvgIpc) is 2.80. The zero-order valence-electron chi connectivity index (χ0n) is 16.9. The van der Waals surface area contributed by atoms with Gasteiger partial charge in [-0.2, -0.15) is 0 Å². The van der Waals surface area contributed by atoms with Crippen molar-refractivity contribution in [1.29, 1.82) is 0 Å². The quantitative estimate of drug-likeness (QED) is 0.772. The summed E-state index contributed by atoms with van der Waals surface area (Å²) in [5, 5.41) is 0. The van der Waals surface area contributed by atoms with Crippen LogP contribution in [0.15, 0.2) is 36.7 Å². The fraction of sp³-hybridized carbons (Fsp3) is 0.500. The van der Waals surface area contributed by atoms with Crippen LogP contribution in [0.4, 0.5) is 0 Å². The summed E-state index contributed by atoms with van der Waals surface area (Å²) >= 11 is 0. The molecule has 2 aliphatic rings. The van der Waals surface area contributed by atoms with Gasteiger partial charge in [0.15, 0.2) is 0 Å². The second-order valence-corrected chi connectivity index (χ2v) is 7.63. The summed E-state index contributed by atoms with van der Waals surface area (Å²) in [6, 6.07) is 7.84. The van der Waals surface area contributed by atoms with Gasteiger partial charge in [-0.25, -0.2) is 4.98 Å². The Labute approximate surface area is 171 Å². The molecule has 29 heavy (non-hydrogen) atoms. The molecule has 2 fully saturated rings. The number of carbonyl (C=O) groups excluding carboxylic acids is 1. The molecule has 3 heterocycles. The second kappa shape index (κ2) is 9.33. The Morgan fingerprint density at radius 2 is 2.10 bits per heavy atom. The first kappa shape index (κ1) is 19.8. The SMILES string of the molecule is COc1cccc(-c2cncc(C3CCCN(C(=O)CN4CCOCC4)C3)n2)c1. The van der Waals surface area contributed by atoms with Crippen LogP contribution < -0.4 is 4.74 Å². The molecule has 2 saturated heterocycles. The predicted octanol–water partition coefficient (Wildman–Crippen LogP) is 2.19. The third kappa shape index (κ3) is 4.92. The van der Waals surface area contributed by atoms with Crippen LogP contribution in [-0.4, -0.2) is 78.7 Å². The minimum absolute atomic E-state index is 0.202. The Morgan fingerprint density at radius 1 is 1.24 bits per heavy atom. The van der Waals surface area contributed by atoms with Gasteiger partial charge in [-0.05, 0) is 25.0 Å². The van der Waals surface area contributed by atoms with Crippen LogP contribution in [-0.2, 0) is 9.53 Å². The maximum atomic E-state index is 12.8. The van der Waals surface area contributed by atoms with Gasteiger partial charge in [0, 0.05) is 43.9 Å². The van der Waals surface area contributed by atoms with Crippen molar-refractivity contribution in [2.75, 3.05) is 53.0 Å². The predicted molar refractivity (Wildman–Crippen MR) is 110 cm³/mol. The van der Waals surface area contributed by atoms with E-state index in [-0.39, 0.29) is 11.8 Å². The molecular formula is C22H28N4O3. The topological polar surface area (TPSA) is 67.8 Å². The summed E-state index contributed by atoms with van der Waals surface area (Å²) in [5.74, 6) is 1.22. The number of hydrogen-bond donors (Lipinski definition) is 0. The summed E-state index contributed by atoms with van der Waals surface area (Å²) in [6.45, 7) is 5.09. The summed E-state index contributed by atoms with van der Waals surface area (Å²) in [4.78, 5) is 26.3. The van der Waals surface area contributed by atoms with Crippen molar-refractivity contribution in [2.24, 2.45) is 0 Å². The molecule has 1 atom stereocenters. The Kier molecular flexibility index (Phi) is 6.36. The molecule has 1 amide bonds. The largest absolute Gasteiger partial charge is 0.497 e. The Morgan fingerprint density at radius 3 is 2.93 bits per heavy atom. The first-order chi connectivity index (χ1) is 14.2. The fourth-order valence-corrected chi connectivity index (χ4v) is 3.99. The van der Waals surface area contributed by atoms with E-state index in [0.717, 1.165) is 55.2 Å². The lowest BCUT2D eigenvalue weighted by atomic mass is 9.94. The molecule has 0 bridgehead atoms. The van der Waals surface area contributed by atoms with Crippen LogP contribution in [0.2, 0.25) is 0 Å². The van der Waals surface area contributed by atoms with Gasteiger partial charge in [0.1, 0.15) is 5.75 Å². The van der Waals surface area contributed by atoms with Gasteiger partial charge < -0.3 is 14.4 Å². The molecular weight excluding hydrogens is 368 g/mol. The van der Waals surface area contributed by atoms with Gasteiger partial charge in [-0.3, -0.25) is 14.7 Å². The van der Waals surface area contributed by atoms with E-state index in [9.17, 15) is 4.79 Å². The Balaban J connectivity index is 1.44. The number of amides is 1. The maximum Gasteiger partial charge on any atom is 0.236 e. The van der Waals surface area contributed by atoms with Crippen molar-refractivity contribution in [3.8, 4) is 17.0 Å². The molecule has 2 aromatic rings. The zero-order chi connectivity index (χ0) is 20.1. The molecule has 0 saturated carbocycles. The number of methoxy groups -OCH3 is 1. The number of morpholine rings is 1. The van der Waals surface area contributed by atoms with Gasteiger partial charge in [0.05, 0.1) is 44.5 Å². The number of hydrogen-bond acceptors (Lipinski definition) is 6. The molecule has 1 aromatic heterocycles. The van der Waals surface area contributed by atoms with E-state index in [1.807, 2.05) is 35.4 Å². The lowest BCUT2D eigenvalue weighted by Crippen LogP contribution is -2.47. The monoisotopic (exact) mass is 396 g/mol. The molecule has 0 spiro atoms. The number of piperidine rings is 1. The summed E-state index contributed by atoms with van der Waals surface area (Å²) < 4.78 is 10.7. The van der Waals surface area contributed by atoms with Crippen molar-refractivity contribution >= 4 is 5.91 Å². The molecule has 0 radical (unpaired) electrons. The van der Waals surface area contributed by atoms with E-state index in [4.69, 9.17) is 14.5 Å². The van der Waals surface area contributed by atoms with Gasteiger partial charge in [-0.15, -0.1) is 0 Å². The molecule has 4 rings (SSSR count). The van der Waals surface area contributed by atoms with Crippen molar-refractivity contribution in [2.45, 2.75) is 18.8 Å². The van der Waals surface area contributed by atoms with Crippen LogP contribution in [0, 0.1) is 0 Å². The van der Waals surface area contributed by atoms with E-state index in [2.05, 4.69) is 9.88 Å². The minimum atomic E-state index is 0.202. The smallest absolute Gasteiger partial charge is 0.236 e. The number of rotatable bonds is 5. The van der Waals surface area contributed by atoms with Crippen molar-refractivity contribution in [3.05, 3.63) is 42.4 Å². The minimum Gasteiger partial charge on any atom is -0.497 e. The van der Waals surface area contributed by atoms with E-state index < -0.39 is 0 Å². The molecule has 0 N–H and O–H groups in total. The van der Waals surface area contributed by atoms with Gasteiger partial charge in [-0.1, -0.05) is 12.1 Å². The van der Waals surface area contributed by atoms with Gasteiger partial charge >= 0.3 is 0 Å². The number of likely N-dealkylation sites (tertiary alicyclic amines) is 1. The molecule has 154 valence electrons. The molecule has 1 unspecified atom stereocenters. The summed E-state index contributed by atoms with van der Waals surface area (Å²) in [5.41, 5.74) is 2.77. The van der Waals surface area contributed by atoms with Crippen LogP contribution in [0.5, 0.6) is 5.75 Å². The number of ether oxygens (including phenoxy) is 2. The molecule has 2 aliphatic heterocycles. The first-order valence-corrected chi connectivity index (χ1v) is 10.3. The molecule has 0 aliphatic carbocycles.